The van der Waals surface area contributed by atoms with Crippen molar-refractivity contribution in [1.29, 1.82) is 0 Å². The zero-order valence-electron chi connectivity index (χ0n) is 3.47. The molecule has 1 N–H and O–H groups in total. The molecule has 0 amide bonds. The van der Waals surface area contributed by atoms with E-state index in [1.54, 1.807) is 0 Å². The maximum absolute atomic E-state index is 3.29. The molecule has 0 spiro atoms. The van der Waals surface area contributed by atoms with Gasteiger partial charge in [-0.25, -0.2) is 0 Å². The average Bonchev–Trinajstić information content (AvgIpc) is 1.76. The fraction of sp³-hybridized carbons (Fsp3) is 0. The van der Waals surface area contributed by atoms with Gasteiger partial charge in [-0.2, -0.15) is 0 Å². The standard InChI is InChI=1S/C2H2N3.Li/c1-2-4-5-3-1;/h1H,(H,3,4,5);/q-1;+1. The molecule has 0 aliphatic carbocycles. The zero-order valence-corrected chi connectivity index (χ0v) is 3.47. The van der Waals surface area contributed by atoms with Gasteiger partial charge in [-0.05, 0) is 0 Å². The van der Waals surface area contributed by atoms with Crippen LogP contribution in [-0.4, -0.2) is 15.4 Å². The van der Waals surface area contributed by atoms with Crippen LogP contribution in [-0.2, 0) is 0 Å². The van der Waals surface area contributed by atoms with Crippen LogP contribution in [0.25, 0.3) is 0 Å². The minimum atomic E-state index is 0. The molecule has 26 valence electrons. The van der Waals surface area contributed by atoms with E-state index in [9.17, 15) is 0 Å². The molecule has 0 unspecified atom stereocenters. The summed E-state index contributed by atoms with van der Waals surface area (Å²) in [4.78, 5) is 0. The van der Waals surface area contributed by atoms with Gasteiger partial charge in [-0.3, -0.25) is 0 Å². The van der Waals surface area contributed by atoms with Crippen LogP contribution in [0.4, 0.5) is 0 Å². The van der Waals surface area contributed by atoms with Crippen molar-refractivity contribution < 1.29 is 18.9 Å². The molecule has 4 heteroatoms. The molecule has 0 aromatic carbocycles. The molecule has 1 aromatic heterocycles. The van der Waals surface area contributed by atoms with E-state index < -0.39 is 0 Å². The van der Waals surface area contributed by atoms with Crippen LogP contribution >= 0.6 is 0 Å². The summed E-state index contributed by atoms with van der Waals surface area (Å²) in [6, 6.07) is 0. The second kappa shape index (κ2) is 2.95. The first-order valence-corrected chi connectivity index (χ1v) is 1.22. The number of rotatable bonds is 0. The third-order valence-corrected chi connectivity index (χ3v) is 0.295. The molecular weight excluding hydrogens is 73.0 g/mol. The van der Waals surface area contributed by atoms with Crippen LogP contribution < -0.4 is 18.9 Å². The summed E-state index contributed by atoms with van der Waals surface area (Å²) < 4.78 is 0. The zero-order chi connectivity index (χ0) is 3.54. The normalized spacial score (nSPS) is 6.67. The Balaban J connectivity index is 0.000000250. The number of H-pyrrole nitrogens is 1. The van der Waals surface area contributed by atoms with Crippen LogP contribution in [0.1, 0.15) is 0 Å². The Hall–Kier alpha value is -0.263. The minimum absolute atomic E-state index is 0. The summed E-state index contributed by atoms with van der Waals surface area (Å²) in [6.07, 6.45) is 3.97. The first-order valence-electron chi connectivity index (χ1n) is 1.22. The van der Waals surface area contributed by atoms with E-state index in [4.69, 9.17) is 0 Å². The van der Waals surface area contributed by atoms with Crippen molar-refractivity contribution in [3.63, 3.8) is 0 Å². The van der Waals surface area contributed by atoms with Gasteiger partial charge in [-0.1, -0.05) is 0 Å². The fourth-order valence-corrected chi connectivity index (χ4v) is 0.144. The molecule has 0 saturated heterocycles. The molecule has 0 aliphatic rings. The predicted octanol–water partition coefficient (Wildman–Crippen LogP) is -3.39. The van der Waals surface area contributed by atoms with Gasteiger partial charge in [0.1, 0.15) is 0 Å². The largest absolute Gasteiger partial charge is 1.00 e. The SMILES string of the molecule is [Li+].[c-]1c[nH]nn1. The van der Waals surface area contributed by atoms with Crippen molar-refractivity contribution in [2.75, 3.05) is 0 Å². The topological polar surface area (TPSA) is 41.6 Å². The molecule has 0 bridgehead atoms. The van der Waals surface area contributed by atoms with E-state index in [2.05, 4.69) is 21.6 Å². The molecule has 3 nitrogen and oxygen atoms in total. The Morgan fingerprint density at radius 2 is 2.50 bits per heavy atom. The van der Waals surface area contributed by atoms with Crippen LogP contribution in [0.2, 0.25) is 0 Å². The molecule has 0 fully saturated rings. The number of hydrogen-bond donors (Lipinski definition) is 1. The molecule has 1 aromatic rings. The summed E-state index contributed by atoms with van der Waals surface area (Å²) in [5, 5.41) is 9.03. The van der Waals surface area contributed by atoms with E-state index in [1.165, 1.54) is 6.20 Å². The molecule has 1 heterocycles. The third kappa shape index (κ3) is 1.25. The van der Waals surface area contributed by atoms with Gasteiger partial charge in [-0.15, -0.1) is 11.4 Å². The van der Waals surface area contributed by atoms with Crippen LogP contribution in [0.15, 0.2) is 6.20 Å². The summed E-state index contributed by atoms with van der Waals surface area (Å²) in [7, 11) is 0. The maximum atomic E-state index is 3.29. The van der Waals surface area contributed by atoms with Gasteiger partial charge < -0.3 is 16.4 Å². The quantitative estimate of drug-likeness (QED) is 0.258. The Bertz CT molecular complexity index is 65.3. The van der Waals surface area contributed by atoms with Crippen LogP contribution in [0, 0.1) is 6.20 Å². The van der Waals surface area contributed by atoms with Crippen LogP contribution in [0.5, 0.6) is 0 Å². The van der Waals surface area contributed by atoms with Gasteiger partial charge in [0, 0.05) is 0 Å². The number of hydrogen-bond acceptors (Lipinski definition) is 2. The summed E-state index contributed by atoms with van der Waals surface area (Å²) in [5.41, 5.74) is 0. The summed E-state index contributed by atoms with van der Waals surface area (Å²) in [6.45, 7) is 0. The Kier molecular flexibility index (Phi) is 2.82. The number of aromatic nitrogens is 3. The van der Waals surface area contributed by atoms with Gasteiger partial charge in [0.25, 0.3) is 0 Å². The molecule has 0 saturated carbocycles. The van der Waals surface area contributed by atoms with Gasteiger partial charge in [0.15, 0.2) is 0 Å². The first-order chi connectivity index (χ1) is 2.50. The van der Waals surface area contributed by atoms with E-state index in [0.29, 0.717) is 0 Å². The fourth-order valence-electron chi connectivity index (χ4n) is 0.144. The Labute approximate surface area is 47.3 Å². The second-order valence-corrected chi connectivity index (χ2v) is 0.603. The predicted molar refractivity (Wildman–Crippen MR) is 15.2 cm³/mol. The second-order valence-electron chi connectivity index (χ2n) is 0.603. The molecule has 0 radical (unpaired) electrons. The van der Waals surface area contributed by atoms with Crippen molar-refractivity contribution in [3.8, 4) is 0 Å². The van der Waals surface area contributed by atoms with Gasteiger partial charge >= 0.3 is 18.9 Å². The van der Waals surface area contributed by atoms with Crippen molar-refractivity contribution in [2.24, 2.45) is 0 Å². The van der Waals surface area contributed by atoms with Gasteiger partial charge in [0.05, 0.1) is 0 Å². The number of aromatic amines is 1. The van der Waals surface area contributed by atoms with E-state index in [0.717, 1.165) is 0 Å². The monoisotopic (exact) mass is 75.0 g/mol. The summed E-state index contributed by atoms with van der Waals surface area (Å²) in [5.74, 6) is 0. The van der Waals surface area contributed by atoms with Crippen molar-refractivity contribution in [2.45, 2.75) is 0 Å². The van der Waals surface area contributed by atoms with E-state index in [1.807, 2.05) is 0 Å². The molecule has 6 heavy (non-hydrogen) atoms. The Morgan fingerprint density at radius 1 is 1.67 bits per heavy atom. The van der Waals surface area contributed by atoms with E-state index >= 15 is 0 Å². The molecule has 1 rings (SSSR count). The van der Waals surface area contributed by atoms with Crippen molar-refractivity contribution in [3.05, 3.63) is 12.4 Å². The van der Waals surface area contributed by atoms with Gasteiger partial charge in [0.2, 0.25) is 0 Å². The summed E-state index contributed by atoms with van der Waals surface area (Å²) >= 11 is 0. The average molecular weight is 75.0 g/mol. The third-order valence-electron chi connectivity index (χ3n) is 0.295. The minimum Gasteiger partial charge on any atom is -0.352 e. The maximum Gasteiger partial charge on any atom is 1.00 e. The van der Waals surface area contributed by atoms with Crippen molar-refractivity contribution in [1.82, 2.24) is 15.4 Å². The Morgan fingerprint density at radius 3 is 2.67 bits per heavy atom. The number of nitrogens with zero attached hydrogens (tertiary/aromatic N) is 2. The number of nitrogens with one attached hydrogen (secondary N) is 1. The van der Waals surface area contributed by atoms with Crippen LogP contribution in [0.3, 0.4) is 0 Å². The smallest absolute Gasteiger partial charge is 0.352 e. The first kappa shape index (κ1) is 5.74. The molecule has 0 atom stereocenters. The van der Waals surface area contributed by atoms with E-state index in [-0.39, 0.29) is 18.9 Å². The molecular formula is C2H2LiN3. The molecule has 0 aliphatic heterocycles. The van der Waals surface area contributed by atoms with Crippen molar-refractivity contribution >= 4 is 0 Å².